The van der Waals surface area contributed by atoms with Crippen molar-refractivity contribution in [3.63, 3.8) is 0 Å². The number of aryl methyl sites for hydroxylation is 1. The van der Waals surface area contributed by atoms with Crippen molar-refractivity contribution in [1.29, 1.82) is 0 Å². The molecule has 4 rings (SSSR count). The lowest BCUT2D eigenvalue weighted by Crippen LogP contribution is -2.06. The molecule has 0 fully saturated rings. The first-order valence-corrected chi connectivity index (χ1v) is 7.83. The van der Waals surface area contributed by atoms with Crippen molar-refractivity contribution >= 4 is 63.3 Å². The summed E-state index contributed by atoms with van der Waals surface area (Å²) in [7, 11) is 0. The third kappa shape index (κ3) is 1.65. The van der Waals surface area contributed by atoms with Crippen LogP contribution in [0.4, 0.5) is 0 Å². The molecular weight excluding hydrogens is 366 g/mol. The van der Waals surface area contributed by atoms with Crippen LogP contribution < -0.4 is 0 Å². The lowest BCUT2D eigenvalue weighted by atomic mass is 10.1. The number of carbonyl (C=O) groups is 1. The smallest absolute Gasteiger partial charge is 0.266 e. The largest absolute Gasteiger partial charge is 0.268 e. The Balaban J connectivity index is 2.18. The summed E-state index contributed by atoms with van der Waals surface area (Å²) in [4.78, 5) is 17.3. The van der Waals surface area contributed by atoms with Gasteiger partial charge in [-0.1, -0.05) is 52.5 Å². The Morgan fingerprint density at radius 1 is 0.955 bits per heavy atom. The van der Waals surface area contributed by atoms with Crippen LogP contribution in [0.1, 0.15) is 15.9 Å². The molecule has 1 aliphatic heterocycles. The molecule has 0 unspecified atom stereocenters. The van der Waals surface area contributed by atoms with E-state index in [1.165, 1.54) is 4.57 Å². The fourth-order valence-corrected chi connectivity index (χ4v) is 3.74. The number of fused-ring (bicyclic) bond motifs is 5. The third-order valence-corrected chi connectivity index (χ3v) is 5.52. The molecule has 0 aliphatic carbocycles. The van der Waals surface area contributed by atoms with Gasteiger partial charge in [-0.3, -0.25) is 9.36 Å². The van der Waals surface area contributed by atoms with E-state index in [9.17, 15) is 4.79 Å². The molecule has 110 valence electrons. The van der Waals surface area contributed by atoms with E-state index in [2.05, 4.69) is 4.98 Å². The minimum absolute atomic E-state index is 0.0753. The van der Waals surface area contributed by atoms with Gasteiger partial charge in [0.1, 0.15) is 0 Å². The van der Waals surface area contributed by atoms with E-state index < -0.39 is 0 Å². The maximum atomic E-state index is 12.8. The molecule has 0 saturated heterocycles. The van der Waals surface area contributed by atoms with E-state index in [-0.39, 0.29) is 31.6 Å². The van der Waals surface area contributed by atoms with Crippen LogP contribution in [0.5, 0.6) is 0 Å². The molecule has 3 nitrogen and oxygen atoms in total. The molecule has 1 aromatic heterocycles. The summed E-state index contributed by atoms with van der Waals surface area (Å²) in [5.74, 6) is 0.132. The average molecular weight is 372 g/mol. The molecule has 0 radical (unpaired) electrons. The second kappa shape index (κ2) is 4.62. The average Bonchev–Trinajstić information content (AvgIpc) is 2.97. The summed E-state index contributed by atoms with van der Waals surface area (Å²) in [5.41, 5.74) is 3.13. The maximum absolute atomic E-state index is 12.8. The van der Waals surface area contributed by atoms with Crippen LogP contribution >= 0.6 is 46.4 Å². The fourth-order valence-electron chi connectivity index (χ4n) is 2.72. The highest BCUT2D eigenvalue weighted by Crippen LogP contribution is 2.49. The summed E-state index contributed by atoms with van der Waals surface area (Å²) < 4.78 is 1.49. The molecule has 1 aliphatic rings. The van der Waals surface area contributed by atoms with Gasteiger partial charge in [-0.2, -0.15) is 0 Å². The highest BCUT2D eigenvalue weighted by atomic mass is 35.5. The van der Waals surface area contributed by atoms with E-state index >= 15 is 0 Å². The molecule has 2 heterocycles. The first kappa shape index (κ1) is 14.3. The van der Waals surface area contributed by atoms with Crippen LogP contribution in [0.2, 0.25) is 20.1 Å². The number of halogens is 4. The molecule has 0 spiro atoms. The summed E-state index contributed by atoms with van der Waals surface area (Å²) >= 11 is 24.6. The highest BCUT2D eigenvalue weighted by molar-refractivity contribution is 6.54. The van der Waals surface area contributed by atoms with Crippen molar-refractivity contribution in [2.45, 2.75) is 6.92 Å². The van der Waals surface area contributed by atoms with Crippen molar-refractivity contribution in [2.24, 2.45) is 0 Å². The predicted molar refractivity (Wildman–Crippen MR) is 89.7 cm³/mol. The zero-order valence-electron chi connectivity index (χ0n) is 11.0. The van der Waals surface area contributed by atoms with Gasteiger partial charge >= 0.3 is 0 Å². The number of imidazole rings is 1. The molecule has 0 bridgehead atoms. The van der Waals surface area contributed by atoms with Crippen LogP contribution in [-0.2, 0) is 0 Å². The van der Waals surface area contributed by atoms with Gasteiger partial charge in [-0.05, 0) is 24.6 Å². The highest BCUT2D eigenvalue weighted by Gasteiger charge is 2.36. The summed E-state index contributed by atoms with van der Waals surface area (Å²) in [6, 6.07) is 5.66. The zero-order valence-corrected chi connectivity index (χ0v) is 14.1. The van der Waals surface area contributed by atoms with Crippen LogP contribution in [0.15, 0.2) is 18.2 Å². The fraction of sp³-hybridized carbons (Fsp3) is 0.0667. The Labute approximate surface area is 145 Å². The standard InChI is InChI=1S/C15H6Cl4N2O/c1-5-2-3-7-6(4-5)20-14-8-9(15(22)21(7)14)11(17)13(19)12(18)10(8)16/h2-4H,1H3. The molecule has 0 amide bonds. The zero-order chi connectivity index (χ0) is 15.8. The summed E-state index contributed by atoms with van der Waals surface area (Å²) in [6.07, 6.45) is 0. The maximum Gasteiger partial charge on any atom is 0.266 e. The number of rotatable bonds is 0. The van der Waals surface area contributed by atoms with Gasteiger partial charge in [0.05, 0.1) is 42.3 Å². The van der Waals surface area contributed by atoms with Crippen molar-refractivity contribution in [3.05, 3.63) is 49.4 Å². The van der Waals surface area contributed by atoms with Crippen LogP contribution in [0.25, 0.3) is 22.4 Å². The van der Waals surface area contributed by atoms with E-state index in [1.54, 1.807) is 0 Å². The topological polar surface area (TPSA) is 34.9 Å². The number of hydrogen-bond acceptors (Lipinski definition) is 2. The number of nitrogens with zero attached hydrogens (tertiary/aromatic N) is 2. The van der Waals surface area contributed by atoms with E-state index in [4.69, 9.17) is 46.4 Å². The van der Waals surface area contributed by atoms with E-state index in [0.29, 0.717) is 22.4 Å². The molecule has 0 saturated carbocycles. The normalized spacial score (nSPS) is 12.9. The molecular formula is C15H6Cl4N2O. The molecule has 7 heteroatoms. The summed E-state index contributed by atoms with van der Waals surface area (Å²) in [5, 5.41) is 0.481. The van der Waals surface area contributed by atoms with Crippen LogP contribution in [-0.4, -0.2) is 15.5 Å². The number of hydrogen-bond donors (Lipinski definition) is 0. The van der Waals surface area contributed by atoms with Gasteiger partial charge in [0.2, 0.25) is 0 Å². The Morgan fingerprint density at radius 2 is 1.59 bits per heavy atom. The van der Waals surface area contributed by atoms with Gasteiger partial charge in [0, 0.05) is 0 Å². The third-order valence-electron chi connectivity index (χ3n) is 3.72. The van der Waals surface area contributed by atoms with E-state index in [1.807, 2.05) is 25.1 Å². The monoisotopic (exact) mass is 370 g/mol. The second-order valence-electron chi connectivity index (χ2n) is 5.07. The lowest BCUT2D eigenvalue weighted by Gasteiger charge is -2.08. The number of carbonyl (C=O) groups excluding carboxylic acids is 1. The quantitative estimate of drug-likeness (QED) is 0.296. The lowest BCUT2D eigenvalue weighted by molar-refractivity contribution is 0.0973. The van der Waals surface area contributed by atoms with Crippen molar-refractivity contribution < 1.29 is 4.79 Å². The molecule has 0 N–H and O–H groups in total. The van der Waals surface area contributed by atoms with Gasteiger partial charge < -0.3 is 0 Å². The van der Waals surface area contributed by atoms with Crippen molar-refractivity contribution in [3.8, 4) is 11.4 Å². The Kier molecular flexibility index (Phi) is 3.01. The van der Waals surface area contributed by atoms with Crippen LogP contribution in [0.3, 0.4) is 0 Å². The Bertz CT molecular complexity index is 1010. The predicted octanol–water partition coefficient (Wildman–Crippen LogP) is 5.63. The molecule has 3 aromatic rings. The minimum atomic E-state index is -0.304. The van der Waals surface area contributed by atoms with Crippen molar-refractivity contribution in [2.75, 3.05) is 0 Å². The number of benzene rings is 2. The molecule has 2 aromatic carbocycles. The minimum Gasteiger partial charge on any atom is -0.268 e. The van der Waals surface area contributed by atoms with Gasteiger partial charge in [0.25, 0.3) is 5.91 Å². The van der Waals surface area contributed by atoms with Crippen molar-refractivity contribution in [1.82, 2.24) is 9.55 Å². The Morgan fingerprint density at radius 3 is 2.27 bits per heavy atom. The van der Waals surface area contributed by atoms with E-state index in [0.717, 1.165) is 5.56 Å². The molecule has 0 atom stereocenters. The number of aromatic nitrogens is 2. The van der Waals surface area contributed by atoms with Gasteiger partial charge in [-0.25, -0.2) is 4.98 Å². The summed E-state index contributed by atoms with van der Waals surface area (Å²) in [6.45, 7) is 1.96. The Hall–Kier alpha value is -1.26. The second-order valence-corrected chi connectivity index (χ2v) is 6.59. The van der Waals surface area contributed by atoms with Gasteiger partial charge in [-0.15, -0.1) is 0 Å². The first-order valence-electron chi connectivity index (χ1n) is 6.32. The van der Waals surface area contributed by atoms with Gasteiger partial charge in [0.15, 0.2) is 5.82 Å². The van der Waals surface area contributed by atoms with Crippen LogP contribution in [0, 0.1) is 6.92 Å². The SMILES string of the molecule is Cc1ccc2c(c1)nc1n2C(=O)c2c(Cl)c(Cl)c(Cl)c(Cl)c2-1. The first-order chi connectivity index (χ1) is 10.4. The molecule has 22 heavy (non-hydrogen) atoms.